The van der Waals surface area contributed by atoms with Crippen LogP contribution in [0.5, 0.6) is 0 Å². The van der Waals surface area contributed by atoms with E-state index in [-0.39, 0.29) is 17.5 Å². The van der Waals surface area contributed by atoms with E-state index in [4.69, 9.17) is 0 Å². The molecular formula is C30H32F2N4O2. The van der Waals surface area contributed by atoms with Crippen LogP contribution in [-0.2, 0) is 0 Å². The van der Waals surface area contributed by atoms with Gasteiger partial charge in [-0.3, -0.25) is 14.6 Å². The normalized spacial score (nSPS) is 19.8. The minimum atomic E-state index is -1.04. The summed E-state index contributed by atoms with van der Waals surface area (Å²) in [5.74, 6) is -1.55. The lowest BCUT2D eigenvalue weighted by molar-refractivity contribution is 0.0772. The largest absolute Gasteiger partial charge is 0.345 e. The Hall–Kier alpha value is -3.65. The number of carbonyl (C=O) groups excluding carboxylic acids is 2. The lowest BCUT2D eigenvalue weighted by Crippen LogP contribution is -2.35. The summed E-state index contributed by atoms with van der Waals surface area (Å²) in [4.78, 5) is 34.8. The molecule has 2 amide bonds. The van der Waals surface area contributed by atoms with Crippen molar-refractivity contribution in [3.05, 3.63) is 100 Å². The van der Waals surface area contributed by atoms with Gasteiger partial charge in [-0.1, -0.05) is 30.3 Å². The number of hydrogen-bond donors (Lipinski definition) is 1. The van der Waals surface area contributed by atoms with Gasteiger partial charge < -0.3 is 15.1 Å². The van der Waals surface area contributed by atoms with Crippen LogP contribution in [0.25, 0.3) is 0 Å². The van der Waals surface area contributed by atoms with Crippen molar-refractivity contribution in [1.82, 2.24) is 20.1 Å². The molecule has 0 bridgehead atoms. The number of benzene rings is 2. The molecule has 198 valence electrons. The molecule has 0 saturated carbocycles. The van der Waals surface area contributed by atoms with E-state index in [1.54, 1.807) is 6.20 Å². The predicted molar refractivity (Wildman–Crippen MR) is 141 cm³/mol. The van der Waals surface area contributed by atoms with Gasteiger partial charge in [0.05, 0.1) is 17.3 Å². The first kappa shape index (κ1) is 26.0. The second-order valence-corrected chi connectivity index (χ2v) is 10.4. The van der Waals surface area contributed by atoms with Crippen LogP contribution >= 0.6 is 0 Å². The van der Waals surface area contributed by atoms with Gasteiger partial charge in [0.25, 0.3) is 11.8 Å². The maximum atomic E-state index is 13.7. The highest BCUT2D eigenvalue weighted by molar-refractivity contribution is 5.97. The average Bonchev–Trinajstić information content (AvgIpc) is 3.47. The number of carbonyl (C=O) groups is 2. The highest BCUT2D eigenvalue weighted by atomic mass is 19.2. The van der Waals surface area contributed by atoms with Gasteiger partial charge >= 0.3 is 0 Å². The van der Waals surface area contributed by atoms with Gasteiger partial charge in [0, 0.05) is 44.5 Å². The Kier molecular flexibility index (Phi) is 7.51. The number of amides is 2. The van der Waals surface area contributed by atoms with Gasteiger partial charge in [-0.15, -0.1) is 0 Å². The number of rotatable bonds is 7. The van der Waals surface area contributed by atoms with Gasteiger partial charge in [-0.2, -0.15) is 0 Å². The van der Waals surface area contributed by atoms with Crippen molar-refractivity contribution in [2.24, 2.45) is 11.8 Å². The van der Waals surface area contributed by atoms with E-state index in [0.29, 0.717) is 23.8 Å². The molecule has 2 aliphatic heterocycles. The molecule has 2 aliphatic rings. The first-order chi connectivity index (χ1) is 18.3. The monoisotopic (exact) mass is 518 g/mol. The molecule has 6 nitrogen and oxygen atoms in total. The van der Waals surface area contributed by atoms with E-state index in [9.17, 15) is 18.4 Å². The van der Waals surface area contributed by atoms with Crippen molar-refractivity contribution in [1.29, 1.82) is 0 Å². The first-order valence-electron chi connectivity index (χ1n) is 13.0. The molecule has 2 aromatic carbocycles. The zero-order valence-corrected chi connectivity index (χ0v) is 21.7. The van der Waals surface area contributed by atoms with Crippen molar-refractivity contribution in [2.45, 2.75) is 26.3 Å². The summed E-state index contributed by atoms with van der Waals surface area (Å²) in [6.45, 7) is 7.89. The molecule has 2 fully saturated rings. The van der Waals surface area contributed by atoms with E-state index in [1.165, 1.54) is 6.07 Å². The van der Waals surface area contributed by atoms with Gasteiger partial charge in [-0.25, -0.2) is 8.78 Å². The van der Waals surface area contributed by atoms with Crippen molar-refractivity contribution in [2.75, 3.05) is 32.7 Å². The van der Waals surface area contributed by atoms with Crippen LogP contribution in [0.2, 0.25) is 0 Å². The fourth-order valence-electron chi connectivity index (χ4n) is 5.81. The second kappa shape index (κ2) is 11.0. The third kappa shape index (κ3) is 5.45. The van der Waals surface area contributed by atoms with Crippen LogP contribution in [0.3, 0.4) is 0 Å². The van der Waals surface area contributed by atoms with E-state index < -0.39 is 17.5 Å². The molecule has 2 unspecified atom stereocenters. The SMILES string of the molecule is Cc1ccnc(C)c1C(=O)N1CC2CN(CCC(NC(=O)c3ccc(F)c(F)c3)c3ccccc3)C[C@H]2C1. The van der Waals surface area contributed by atoms with Crippen LogP contribution in [0.4, 0.5) is 8.78 Å². The molecule has 3 atom stereocenters. The Labute approximate surface area is 221 Å². The Morgan fingerprint density at radius 3 is 2.34 bits per heavy atom. The van der Waals surface area contributed by atoms with E-state index in [1.807, 2.05) is 55.1 Å². The number of nitrogens with zero attached hydrogens (tertiary/aromatic N) is 3. The summed E-state index contributed by atoms with van der Waals surface area (Å²) >= 11 is 0. The summed E-state index contributed by atoms with van der Waals surface area (Å²) in [6, 6.07) is 14.5. The summed E-state index contributed by atoms with van der Waals surface area (Å²) in [6.07, 6.45) is 2.41. The summed E-state index contributed by atoms with van der Waals surface area (Å²) in [7, 11) is 0. The molecule has 3 heterocycles. The number of pyridine rings is 1. The highest BCUT2D eigenvalue weighted by Gasteiger charge is 2.42. The van der Waals surface area contributed by atoms with Crippen LogP contribution in [-0.4, -0.2) is 59.3 Å². The lowest BCUT2D eigenvalue weighted by Gasteiger charge is -2.25. The number of nitrogens with one attached hydrogen (secondary N) is 1. The molecule has 8 heteroatoms. The second-order valence-electron chi connectivity index (χ2n) is 10.4. The number of aromatic nitrogens is 1. The molecule has 0 aliphatic carbocycles. The lowest BCUT2D eigenvalue weighted by atomic mass is 10.0. The molecular weight excluding hydrogens is 486 g/mol. The smallest absolute Gasteiger partial charge is 0.255 e. The molecule has 38 heavy (non-hydrogen) atoms. The third-order valence-corrected chi connectivity index (χ3v) is 7.83. The van der Waals surface area contributed by atoms with E-state index in [2.05, 4.69) is 15.2 Å². The van der Waals surface area contributed by atoms with Crippen molar-refractivity contribution >= 4 is 11.8 Å². The minimum Gasteiger partial charge on any atom is -0.345 e. The van der Waals surface area contributed by atoms with Crippen LogP contribution in [0.15, 0.2) is 60.8 Å². The number of fused-ring (bicyclic) bond motifs is 1. The number of aryl methyl sites for hydroxylation is 2. The molecule has 0 spiro atoms. The summed E-state index contributed by atoms with van der Waals surface area (Å²) in [5, 5.41) is 3.01. The quantitative estimate of drug-likeness (QED) is 0.499. The topological polar surface area (TPSA) is 65.5 Å². The zero-order valence-electron chi connectivity index (χ0n) is 21.7. The van der Waals surface area contributed by atoms with Crippen molar-refractivity contribution < 1.29 is 18.4 Å². The first-order valence-corrected chi connectivity index (χ1v) is 13.0. The third-order valence-electron chi connectivity index (χ3n) is 7.83. The highest BCUT2D eigenvalue weighted by Crippen LogP contribution is 2.33. The molecule has 3 aromatic rings. The van der Waals surface area contributed by atoms with E-state index in [0.717, 1.165) is 61.7 Å². The van der Waals surface area contributed by atoms with E-state index >= 15 is 0 Å². The average molecular weight is 519 g/mol. The Morgan fingerprint density at radius 2 is 1.68 bits per heavy atom. The van der Waals surface area contributed by atoms with Crippen molar-refractivity contribution in [3.8, 4) is 0 Å². The molecule has 5 rings (SSSR count). The fraction of sp³-hybridized carbons (Fsp3) is 0.367. The maximum Gasteiger partial charge on any atom is 0.255 e. The van der Waals surface area contributed by atoms with Crippen LogP contribution in [0.1, 0.15) is 50.0 Å². The van der Waals surface area contributed by atoms with Crippen molar-refractivity contribution in [3.63, 3.8) is 0 Å². The standard InChI is InChI=1S/C30H32F2N4O2/c1-19-10-12-33-20(2)28(19)30(38)36-17-23-15-35(16-24(23)18-36)13-11-27(21-6-4-3-5-7-21)34-29(37)22-8-9-25(31)26(32)14-22/h3-10,12,14,23-24,27H,11,13,15-18H2,1-2H3,(H,34,37)/t23-,24?,27?/m0/s1. The number of halogens is 2. The molecule has 1 N–H and O–H groups in total. The zero-order chi connectivity index (χ0) is 26.8. The fourth-order valence-corrected chi connectivity index (χ4v) is 5.81. The maximum absolute atomic E-state index is 13.7. The Balaban J connectivity index is 1.20. The summed E-state index contributed by atoms with van der Waals surface area (Å²) < 4.78 is 27.0. The molecule has 0 radical (unpaired) electrons. The number of likely N-dealkylation sites (tertiary alicyclic amines) is 2. The Morgan fingerprint density at radius 1 is 0.974 bits per heavy atom. The Bertz CT molecular complexity index is 1300. The van der Waals surface area contributed by atoms with Crippen LogP contribution in [0, 0.1) is 37.3 Å². The minimum absolute atomic E-state index is 0.0677. The predicted octanol–water partition coefficient (Wildman–Crippen LogP) is 4.54. The number of hydrogen-bond acceptors (Lipinski definition) is 4. The van der Waals surface area contributed by atoms with Gasteiger partial charge in [-0.05, 0) is 67.5 Å². The van der Waals surface area contributed by atoms with Gasteiger partial charge in [0.15, 0.2) is 11.6 Å². The van der Waals surface area contributed by atoms with Crippen LogP contribution < -0.4 is 5.32 Å². The van der Waals surface area contributed by atoms with Gasteiger partial charge in [0.1, 0.15) is 0 Å². The van der Waals surface area contributed by atoms with Gasteiger partial charge in [0.2, 0.25) is 0 Å². The molecule has 1 aromatic heterocycles. The molecule has 2 saturated heterocycles. The summed E-state index contributed by atoms with van der Waals surface area (Å²) in [5.41, 5.74) is 3.49.